The maximum Gasteiger partial charge on any atom is 0.317 e. The number of hydrogen-bond donors (Lipinski definition) is 2. The van der Waals surface area contributed by atoms with Gasteiger partial charge in [0.1, 0.15) is 0 Å². The summed E-state index contributed by atoms with van der Waals surface area (Å²) in [5.41, 5.74) is 0. The number of amides is 2. The van der Waals surface area contributed by atoms with Gasteiger partial charge in [-0.1, -0.05) is 13.8 Å². The molecule has 0 saturated heterocycles. The molecule has 96 valence electrons. The Morgan fingerprint density at radius 2 is 1.75 bits per heavy atom. The van der Waals surface area contributed by atoms with Crippen LogP contribution in [0, 0.1) is 0 Å². The van der Waals surface area contributed by atoms with Crippen molar-refractivity contribution in [2.75, 3.05) is 6.54 Å². The van der Waals surface area contributed by atoms with Gasteiger partial charge < -0.3 is 15.3 Å². The Hall–Kier alpha value is -0.770. The second kappa shape index (κ2) is 7.49. The van der Waals surface area contributed by atoms with E-state index in [1.54, 1.807) is 11.8 Å². The topological polar surface area (TPSA) is 52.6 Å². The molecular weight excluding hydrogens is 204 g/mol. The molecule has 0 bridgehead atoms. The summed E-state index contributed by atoms with van der Waals surface area (Å²) < 4.78 is 0. The first-order valence-electron chi connectivity index (χ1n) is 6.17. The molecule has 4 heteroatoms. The van der Waals surface area contributed by atoms with E-state index in [1.165, 1.54) is 0 Å². The van der Waals surface area contributed by atoms with Gasteiger partial charge in [-0.05, 0) is 33.6 Å². The summed E-state index contributed by atoms with van der Waals surface area (Å²) in [6, 6.07) is 0.247. The summed E-state index contributed by atoms with van der Waals surface area (Å²) in [5.74, 6) is 0. The Bertz CT molecular complexity index is 201. The van der Waals surface area contributed by atoms with E-state index in [4.69, 9.17) is 0 Å². The number of carbonyl (C=O) groups excluding carboxylic acids is 1. The molecule has 4 nitrogen and oxygen atoms in total. The van der Waals surface area contributed by atoms with E-state index in [9.17, 15) is 9.90 Å². The second-order valence-corrected chi connectivity index (χ2v) is 4.56. The van der Waals surface area contributed by atoms with Gasteiger partial charge in [0.15, 0.2) is 0 Å². The molecule has 0 fully saturated rings. The van der Waals surface area contributed by atoms with E-state index in [2.05, 4.69) is 19.2 Å². The van der Waals surface area contributed by atoms with Crippen molar-refractivity contribution in [3.63, 3.8) is 0 Å². The van der Waals surface area contributed by atoms with Crippen molar-refractivity contribution in [1.82, 2.24) is 10.2 Å². The van der Waals surface area contributed by atoms with Gasteiger partial charge in [-0.25, -0.2) is 4.79 Å². The molecular formula is C12H26N2O2. The van der Waals surface area contributed by atoms with Crippen molar-refractivity contribution < 1.29 is 9.90 Å². The zero-order valence-corrected chi connectivity index (χ0v) is 11.2. The Morgan fingerprint density at radius 3 is 2.06 bits per heavy atom. The average Bonchev–Trinajstić information content (AvgIpc) is 2.21. The van der Waals surface area contributed by atoms with Gasteiger partial charge >= 0.3 is 6.03 Å². The molecule has 1 unspecified atom stereocenters. The molecule has 0 aromatic rings. The highest BCUT2D eigenvalue weighted by molar-refractivity contribution is 5.74. The molecule has 0 heterocycles. The third-order valence-electron chi connectivity index (χ3n) is 2.66. The van der Waals surface area contributed by atoms with Crippen molar-refractivity contribution in [2.45, 2.75) is 65.6 Å². The summed E-state index contributed by atoms with van der Waals surface area (Å²) in [7, 11) is 0. The fraction of sp³-hybridized carbons (Fsp3) is 0.917. The molecule has 0 saturated carbocycles. The molecule has 0 spiro atoms. The standard InChI is InChI=1S/C12H26N2O2/c1-6-11(7-2)13-12(16)14(9(3)4)8-10(5)15/h9-11,15H,6-8H2,1-5H3,(H,13,16). The molecule has 0 aliphatic rings. The zero-order chi connectivity index (χ0) is 12.7. The van der Waals surface area contributed by atoms with Gasteiger partial charge in [-0.2, -0.15) is 0 Å². The first-order valence-corrected chi connectivity index (χ1v) is 6.17. The fourth-order valence-electron chi connectivity index (χ4n) is 1.56. The number of aliphatic hydroxyl groups is 1. The van der Waals surface area contributed by atoms with E-state index in [0.717, 1.165) is 12.8 Å². The van der Waals surface area contributed by atoms with Crippen LogP contribution < -0.4 is 5.32 Å². The molecule has 0 aliphatic heterocycles. The number of hydrogen-bond acceptors (Lipinski definition) is 2. The number of aliphatic hydroxyl groups excluding tert-OH is 1. The Balaban J connectivity index is 4.37. The Kier molecular flexibility index (Phi) is 7.13. The lowest BCUT2D eigenvalue weighted by Crippen LogP contribution is -2.49. The fourth-order valence-corrected chi connectivity index (χ4v) is 1.56. The van der Waals surface area contributed by atoms with Crippen molar-refractivity contribution in [3.8, 4) is 0 Å². The van der Waals surface area contributed by atoms with Crippen LogP contribution in [0.15, 0.2) is 0 Å². The van der Waals surface area contributed by atoms with E-state index in [-0.39, 0.29) is 18.1 Å². The minimum Gasteiger partial charge on any atom is -0.392 e. The zero-order valence-electron chi connectivity index (χ0n) is 11.2. The van der Waals surface area contributed by atoms with Gasteiger partial charge in [0, 0.05) is 18.6 Å². The van der Waals surface area contributed by atoms with Gasteiger partial charge in [-0.15, -0.1) is 0 Å². The summed E-state index contributed by atoms with van der Waals surface area (Å²) in [6.45, 7) is 10.1. The molecule has 0 radical (unpaired) electrons. The van der Waals surface area contributed by atoms with Crippen molar-refractivity contribution >= 4 is 6.03 Å². The Morgan fingerprint density at radius 1 is 1.25 bits per heavy atom. The smallest absolute Gasteiger partial charge is 0.317 e. The van der Waals surface area contributed by atoms with Gasteiger partial charge in [-0.3, -0.25) is 0 Å². The van der Waals surface area contributed by atoms with E-state index in [0.29, 0.717) is 6.54 Å². The minimum atomic E-state index is -0.491. The molecule has 0 aromatic heterocycles. The summed E-state index contributed by atoms with van der Waals surface area (Å²) in [6.07, 6.45) is 1.38. The van der Waals surface area contributed by atoms with Crippen LogP contribution in [0.1, 0.15) is 47.5 Å². The minimum absolute atomic E-state index is 0.0791. The third-order valence-corrected chi connectivity index (χ3v) is 2.66. The summed E-state index contributed by atoms with van der Waals surface area (Å²) in [4.78, 5) is 13.6. The lowest BCUT2D eigenvalue weighted by Gasteiger charge is -2.30. The lowest BCUT2D eigenvalue weighted by atomic mass is 10.2. The molecule has 0 aromatic carbocycles. The lowest BCUT2D eigenvalue weighted by molar-refractivity contribution is 0.117. The molecule has 16 heavy (non-hydrogen) atoms. The predicted molar refractivity (Wildman–Crippen MR) is 66.4 cm³/mol. The summed E-state index contributed by atoms with van der Waals surface area (Å²) in [5, 5.41) is 12.3. The summed E-state index contributed by atoms with van der Waals surface area (Å²) >= 11 is 0. The monoisotopic (exact) mass is 230 g/mol. The largest absolute Gasteiger partial charge is 0.392 e. The van der Waals surface area contributed by atoms with E-state index >= 15 is 0 Å². The van der Waals surface area contributed by atoms with Crippen LogP contribution in [0.3, 0.4) is 0 Å². The average molecular weight is 230 g/mol. The van der Waals surface area contributed by atoms with Crippen LogP contribution in [0.5, 0.6) is 0 Å². The normalized spacial score (nSPS) is 13.0. The maximum absolute atomic E-state index is 12.0. The van der Waals surface area contributed by atoms with E-state index in [1.807, 2.05) is 13.8 Å². The van der Waals surface area contributed by atoms with Crippen LogP contribution in [0.25, 0.3) is 0 Å². The maximum atomic E-state index is 12.0. The number of carbonyl (C=O) groups is 1. The highest BCUT2D eigenvalue weighted by Crippen LogP contribution is 2.04. The van der Waals surface area contributed by atoms with Gasteiger partial charge in [0.25, 0.3) is 0 Å². The number of urea groups is 1. The van der Waals surface area contributed by atoms with Crippen molar-refractivity contribution in [2.24, 2.45) is 0 Å². The highest BCUT2D eigenvalue weighted by Gasteiger charge is 2.20. The second-order valence-electron chi connectivity index (χ2n) is 4.56. The first-order chi connectivity index (χ1) is 7.42. The third kappa shape index (κ3) is 5.35. The van der Waals surface area contributed by atoms with Crippen LogP contribution in [-0.2, 0) is 0 Å². The van der Waals surface area contributed by atoms with Crippen molar-refractivity contribution in [3.05, 3.63) is 0 Å². The van der Waals surface area contributed by atoms with Crippen LogP contribution in [0.4, 0.5) is 4.79 Å². The molecule has 0 aliphatic carbocycles. The Labute approximate surface area is 99.0 Å². The van der Waals surface area contributed by atoms with Gasteiger partial charge in [0.2, 0.25) is 0 Å². The van der Waals surface area contributed by atoms with Gasteiger partial charge in [0.05, 0.1) is 6.10 Å². The van der Waals surface area contributed by atoms with E-state index < -0.39 is 6.10 Å². The molecule has 1 atom stereocenters. The highest BCUT2D eigenvalue weighted by atomic mass is 16.3. The van der Waals surface area contributed by atoms with Crippen LogP contribution in [0.2, 0.25) is 0 Å². The number of nitrogens with one attached hydrogen (secondary N) is 1. The first kappa shape index (κ1) is 15.2. The van der Waals surface area contributed by atoms with Crippen molar-refractivity contribution in [1.29, 1.82) is 0 Å². The molecule has 0 rings (SSSR count). The van der Waals surface area contributed by atoms with Crippen LogP contribution in [-0.4, -0.2) is 40.8 Å². The quantitative estimate of drug-likeness (QED) is 0.733. The number of rotatable bonds is 6. The predicted octanol–water partition coefficient (Wildman–Crippen LogP) is 1.98. The molecule has 2 N–H and O–H groups in total. The SMILES string of the molecule is CCC(CC)NC(=O)N(CC(C)O)C(C)C. The van der Waals surface area contributed by atoms with Crippen LogP contribution >= 0.6 is 0 Å². The number of nitrogens with zero attached hydrogens (tertiary/aromatic N) is 1. The molecule has 2 amide bonds.